The number of ether oxygens (including phenoxy) is 1. The summed E-state index contributed by atoms with van der Waals surface area (Å²) < 4.78 is 5.17. The van der Waals surface area contributed by atoms with Gasteiger partial charge in [-0.15, -0.1) is 0 Å². The van der Waals surface area contributed by atoms with E-state index in [-0.39, 0.29) is 5.91 Å². The van der Waals surface area contributed by atoms with E-state index in [1.807, 2.05) is 43.0 Å². The number of amides is 1. The monoisotopic (exact) mass is 276 g/mol. The number of methoxy groups -OCH3 is 1. The molecule has 0 radical (unpaired) electrons. The van der Waals surface area contributed by atoms with E-state index >= 15 is 0 Å². The molecule has 0 spiro atoms. The fraction of sp³-hybridized carbons (Fsp3) is 0.562. The van der Waals surface area contributed by atoms with Crippen LogP contribution in [0.2, 0.25) is 0 Å². The molecule has 1 aliphatic rings. The van der Waals surface area contributed by atoms with E-state index in [0.29, 0.717) is 0 Å². The van der Waals surface area contributed by atoms with Crippen molar-refractivity contribution < 1.29 is 9.53 Å². The van der Waals surface area contributed by atoms with E-state index in [4.69, 9.17) is 4.74 Å². The molecule has 20 heavy (non-hydrogen) atoms. The lowest BCUT2D eigenvalue weighted by molar-refractivity contribution is -0.137. The molecule has 4 nitrogen and oxygen atoms in total. The second-order valence-electron chi connectivity index (χ2n) is 5.95. The van der Waals surface area contributed by atoms with Crippen LogP contribution in [0.1, 0.15) is 19.4 Å². The van der Waals surface area contributed by atoms with Gasteiger partial charge in [-0.3, -0.25) is 4.79 Å². The smallest absolute Gasteiger partial charge is 0.232 e. The van der Waals surface area contributed by atoms with Crippen molar-refractivity contribution in [3.05, 3.63) is 29.8 Å². The van der Waals surface area contributed by atoms with Crippen LogP contribution >= 0.6 is 0 Å². The molecule has 2 rings (SSSR count). The van der Waals surface area contributed by atoms with Crippen molar-refractivity contribution >= 4 is 5.91 Å². The Hall–Kier alpha value is -1.55. The molecule has 1 aromatic carbocycles. The average molecular weight is 276 g/mol. The van der Waals surface area contributed by atoms with E-state index in [2.05, 4.69) is 11.9 Å². The Balaban J connectivity index is 2.13. The number of nitrogens with zero attached hydrogens (tertiary/aromatic N) is 2. The Morgan fingerprint density at radius 3 is 2.15 bits per heavy atom. The summed E-state index contributed by atoms with van der Waals surface area (Å²) in [5.41, 5.74) is 0.532. The maximum Gasteiger partial charge on any atom is 0.232 e. The first-order valence-corrected chi connectivity index (χ1v) is 7.07. The first kappa shape index (κ1) is 14.9. The van der Waals surface area contributed by atoms with Gasteiger partial charge in [-0.1, -0.05) is 12.1 Å². The van der Waals surface area contributed by atoms with Crippen LogP contribution in [0, 0.1) is 0 Å². The van der Waals surface area contributed by atoms with Gasteiger partial charge in [0, 0.05) is 26.2 Å². The highest BCUT2D eigenvalue weighted by Crippen LogP contribution is 2.27. The molecule has 0 N–H and O–H groups in total. The Labute approximate surface area is 121 Å². The van der Waals surface area contributed by atoms with Gasteiger partial charge in [-0.05, 0) is 38.6 Å². The summed E-state index contributed by atoms with van der Waals surface area (Å²) in [4.78, 5) is 17.0. The average Bonchev–Trinajstić information content (AvgIpc) is 2.47. The minimum atomic E-state index is -0.498. The lowest BCUT2D eigenvalue weighted by atomic mass is 9.83. The molecule has 1 saturated heterocycles. The molecule has 1 aliphatic heterocycles. The Morgan fingerprint density at radius 2 is 1.65 bits per heavy atom. The summed E-state index contributed by atoms with van der Waals surface area (Å²) in [6, 6.07) is 7.78. The highest BCUT2D eigenvalue weighted by atomic mass is 16.5. The van der Waals surface area contributed by atoms with Gasteiger partial charge in [-0.25, -0.2) is 0 Å². The van der Waals surface area contributed by atoms with Crippen LogP contribution in [-0.4, -0.2) is 56.0 Å². The van der Waals surface area contributed by atoms with Crippen molar-refractivity contribution in [3.63, 3.8) is 0 Å². The van der Waals surface area contributed by atoms with Crippen LogP contribution in [0.15, 0.2) is 24.3 Å². The van der Waals surface area contributed by atoms with Crippen molar-refractivity contribution in [3.8, 4) is 5.75 Å². The third-order valence-electron chi connectivity index (χ3n) is 4.14. The van der Waals surface area contributed by atoms with E-state index in [1.165, 1.54) is 0 Å². The summed E-state index contributed by atoms with van der Waals surface area (Å²) in [7, 11) is 3.74. The standard InChI is InChI=1S/C16H24N2O2/c1-16(2,13-5-7-14(20-4)8-6-13)15(19)18-11-9-17(3)10-12-18/h5-8H,9-12H2,1-4H3. The summed E-state index contributed by atoms with van der Waals surface area (Å²) in [6.45, 7) is 7.52. The molecule has 1 heterocycles. The minimum absolute atomic E-state index is 0.204. The molecule has 1 aromatic rings. The zero-order valence-corrected chi connectivity index (χ0v) is 12.8. The molecule has 0 aromatic heterocycles. The van der Waals surface area contributed by atoms with Gasteiger partial charge < -0.3 is 14.5 Å². The third kappa shape index (κ3) is 2.96. The highest BCUT2D eigenvalue weighted by molar-refractivity contribution is 5.87. The van der Waals surface area contributed by atoms with Crippen LogP contribution in [0.25, 0.3) is 0 Å². The Kier molecular flexibility index (Phi) is 4.33. The third-order valence-corrected chi connectivity index (χ3v) is 4.14. The van der Waals surface area contributed by atoms with E-state index in [9.17, 15) is 4.79 Å². The van der Waals surface area contributed by atoms with Crippen molar-refractivity contribution in [1.82, 2.24) is 9.80 Å². The second-order valence-corrected chi connectivity index (χ2v) is 5.95. The number of benzene rings is 1. The molecule has 4 heteroatoms. The number of likely N-dealkylation sites (N-methyl/N-ethyl adjacent to an activating group) is 1. The molecule has 0 bridgehead atoms. The maximum atomic E-state index is 12.8. The lowest BCUT2D eigenvalue weighted by Gasteiger charge is -2.37. The topological polar surface area (TPSA) is 32.8 Å². The van der Waals surface area contributed by atoms with Crippen LogP contribution in [0.3, 0.4) is 0 Å². The zero-order valence-electron chi connectivity index (χ0n) is 12.8. The predicted octanol–water partition coefficient (Wildman–Crippen LogP) is 1.75. The number of hydrogen-bond acceptors (Lipinski definition) is 3. The summed E-state index contributed by atoms with van der Waals surface area (Å²) >= 11 is 0. The fourth-order valence-corrected chi connectivity index (χ4v) is 2.54. The normalized spacial score (nSPS) is 17.1. The van der Waals surface area contributed by atoms with Gasteiger partial charge in [0.15, 0.2) is 0 Å². The minimum Gasteiger partial charge on any atom is -0.497 e. The molecule has 0 aliphatic carbocycles. The van der Waals surface area contributed by atoms with Crippen LogP contribution < -0.4 is 4.74 Å². The fourth-order valence-electron chi connectivity index (χ4n) is 2.54. The lowest BCUT2D eigenvalue weighted by Crippen LogP contribution is -2.52. The molecule has 0 unspecified atom stereocenters. The maximum absolute atomic E-state index is 12.8. The highest BCUT2D eigenvalue weighted by Gasteiger charge is 2.34. The van der Waals surface area contributed by atoms with E-state index in [1.54, 1.807) is 7.11 Å². The molecule has 0 atom stereocenters. The van der Waals surface area contributed by atoms with Crippen molar-refractivity contribution in [2.75, 3.05) is 40.3 Å². The molecule has 1 amide bonds. The first-order valence-electron chi connectivity index (χ1n) is 7.07. The first-order chi connectivity index (χ1) is 9.45. The number of hydrogen-bond donors (Lipinski definition) is 0. The molecular formula is C16H24N2O2. The van der Waals surface area contributed by atoms with Gasteiger partial charge in [-0.2, -0.15) is 0 Å². The largest absolute Gasteiger partial charge is 0.497 e. The SMILES string of the molecule is COc1ccc(C(C)(C)C(=O)N2CCN(C)CC2)cc1. The Morgan fingerprint density at radius 1 is 1.10 bits per heavy atom. The number of rotatable bonds is 3. The van der Waals surface area contributed by atoms with Crippen LogP contribution in [-0.2, 0) is 10.2 Å². The molecule has 1 fully saturated rings. The van der Waals surface area contributed by atoms with Gasteiger partial charge in [0.2, 0.25) is 5.91 Å². The summed E-state index contributed by atoms with van der Waals surface area (Å²) in [5.74, 6) is 1.02. The predicted molar refractivity (Wildman–Crippen MR) is 80.1 cm³/mol. The second kappa shape index (κ2) is 5.83. The van der Waals surface area contributed by atoms with E-state index in [0.717, 1.165) is 37.5 Å². The number of carbonyl (C=O) groups excluding carboxylic acids is 1. The zero-order chi connectivity index (χ0) is 14.8. The van der Waals surface area contributed by atoms with Crippen molar-refractivity contribution in [2.24, 2.45) is 0 Å². The van der Waals surface area contributed by atoms with Gasteiger partial charge in [0.05, 0.1) is 12.5 Å². The van der Waals surface area contributed by atoms with Crippen LogP contribution in [0.4, 0.5) is 0 Å². The van der Waals surface area contributed by atoms with Crippen LogP contribution in [0.5, 0.6) is 5.75 Å². The Bertz CT molecular complexity index is 460. The molecular weight excluding hydrogens is 252 g/mol. The van der Waals surface area contributed by atoms with Gasteiger partial charge >= 0.3 is 0 Å². The van der Waals surface area contributed by atoms with Gasteiger partial charge in [0.25, 0.3) is 0 Å². The van der Waals surface area contributed by atoms with Crippen molar-refractivity contribution in [2.45, 2.75) is 19.3 Å². The summed E-state index contributed by atoms with van der Waals surface area (Å²) in [6.07, 6.45) is 0. The molecule has 0 saturated carbocycles. The number of carbonyl (C=O) groups is 1. The number of piperazine rings is 1. The quantitative estimate of drug-likeness (QED) is 0.843. The van der Waals surface area contributed by atoms with E-state index < -0.39 is 5.41 Å². The summed E-state index contributed by atoms with van der Waals surface area (Å²) in [5, 5.41) is 0. The van der Waals surface area contributed by atoms with Crippen molar-refractivity contribution in [1.29, 1.82) is 0 Å². The van der Waals surface area contributed by atoms with Gasteiger partial charge in [0.1, 0.15) is 5.75 Å². The molecule has 110 valence electrons.